The summed E-state index contributed by atoms with van der Waals surface area (Å²) in [4.78, 5) is 31.0. The summed E-state index contributed by atoms with van der Waals surface area (Å²) in [6.07, 6.45) is 4.32. The molecule has 1 saturated heterocycles. The number of hydrogen-bond acceptors (Lipinski definition) is 4. The zero-order valence-electron chi connectivity index (χ0n) is 14.8. The zero-order valence-corrected chi connectivity index (χ0v) is 15.6. The molecule has 0 bridgehead atoms. The number of aryl methyl sites for hydroxylation is 1. The summed E-state index contributed by atoms with van der Waals surface area (Å²) in [5.74, 6) is 0.636. The van der Waals surface area contributed by atoms with Crippen LogP contribution in [0.15, 0.2) is 35.4 Å². The smallest absolute Gasteiger partial charge is 0.293 e. The van der Waals surface area contributed by atoms with Crippen LogP contribution in [-0.4, -0.2) is 31.6 Å². The Morgan fingerprint density at radius 2 is 2.04 bits per heavy atom. The third-order valence-corrected chi connectivity index (χ3v) is 5.37. The van der Waals surface area contributed by atoms with Crippen LogP contribution in [0, 0.1) is 13.8 Å². The minimum atomic E-state index is -0.202. The molecule has 2 aromatic heterocycles. The van der Waals surface area contributed by atoms with Gasteiger partial charge in [0, 0.05) is 23.6 Å². The number of thioether (sulfide) groups is 1. The van der Waals surface area contributed by atoms with E-state index < -0.39 is 0 Å². The molecule has 0 radical (unpaired) electrons. The second kappa shape index (κ2) is 6.88. The lowest BCUT2D eigenvalue weighted by atomic mass is 10.2. The Balaban J connectivity index is 1.98. The molecule has 130 valence electrons. The molecule has 0 aliphatic carbocycles. The Kier molecular flexibility index (Phi) is 4.81. The maximum Gasteiger partial charge on any atom is 0.293 e. The molecule has 5 nitrogen and oxygen atoms in total. The van der Waals surface area contributed by atoms with Gasteiger partial charge in [0.1, 0.15) is 5.82 Å². The molecule has 1 aliphatic heterocycles. The van der Waals surface area contributed by atoms with Crippen LogP contribution in [0.2, 0.25) is 0 Å². The van der Waals surface area contributed by atoms with Crippen LogP contribution >= 0.6 is 11.8 Å². The molecule has 0 saturated carbocycles. The van der Waals surface area contributed by atoms with Gasteiger partial charge in [-0.05, 0) is 68.8 Å². The highest BCUT2D eigenvalue weighted by Crippen LogP contribution is 2.35. The minimum Gasteiger partial charge on any atom is -0.303 e. The van der Waals surface area contributed by atoms with E-state index in [0.29, 0.717) is 4.91 Å². The van der Waals surface area contributed by atoms with Crippen LogP contribution in [0.1, 0.15) is 37.2 Å². The van der Waals surface area contributed by atoms with Crippen molar-refractivity contribution in [2.45, 2.75) is 40.2 Å². The van der Waals surface area contributed by atoms with Gasteiger partial charge in [0.05, 0.1) is 4.91 Å². The molecule has 0 N–H and O–H groups in total. The molecule has 6 heteroatoms. The predicted octanol–water partition coefficient (Wildman–Crippen LogP) is 4.32. The van der Waals surface area contributed by atoms with Crippen LogP contribution in [0.5, 0.6) is 0 Å². The largest absolute Gasteiger partial charge is 0.303 e. The molecular formula is C19H21N3O2S. The van der Waals surface area contributed by atoms with E-state index in [1.807, 2.05) is 62.6 Å². The Hall–Kier alpha value is -2.34. The first-order chi connectivity index (χ1) is 11.9. The van der Waals surface area contributed by atoms with Crippen molar-refractivity contribution in [3.63, 3.8) is 0 Å². The summed E-state index contributed by atoms with van der Waals surface area (Å²) in [5.41, 5.74) is 2.95. The lowest BCUT2D eigenvalue weighted by molar-refractivity contribution is -0.124. The zero-order chi connectivity index (χ0) is 18.1. The van der Waals surface area contributed by atoms with Crippen molar-refractivity contribution in [2.24, 2.45) is 0 Å². The van der Waals surface area contributed by atoms with Crippen molar-refractivity contribution in [1.82, 2.24) is 14.5 Å². The number of amides is 2. The third kappa shape index (κ3) is 3.14. The van der Waals surface area contributed by atoms with E-state index in [-0.39, 0.29) is 17.2 Å². The fourth-order valence-corrected chi connectivity index (χ4v) is 3.88. The second-order valence-corrected chi connectivity index (χ2v) is 7.15. The van der Waals surface area contributed by atoms with E-state index >= 15 is 0 Å². The van der Waals surface area contributed by atoms with Gasteiger partial charge in [-0.15, -0.1) is 0 Å². The summed E-state index contributed by atoms with van der Waals surface area (Å²) in [6.45, 7) is 7.86. The number of hydrogen-bond donors (Lipinski definition) is 0. The Morgan fingerprint density at radius 1 is 1.28 bits per heavy atom. The normalized spacial score (nSPS) is 17.6. The molecule has 3 rings (SSSR count). The lowest BCUT2D eigenvalue weighted by Crippen LogP contribution is -2.36. The van der Waals surface area contributed by atoms with Crippen LogP contribution in [0.25, 0.3) is 11.9 Å². The topological polar surface area (TPSA) is 55.2 Å². The summed E-state index contributed by atoms with van der Waals surface area (Å²) in [6, 6.07) is 7.70. The van der Waals surface area contributed by atoms with Gasteiger partial charge in [0.25, 0.3) is 11.1 Å². The van der Waals surface area contributed by atoms with Gasteiger partial charge in [-0.3, -0.25) is 14.5 Å². The molecule has 1 aliphatic rings. The fraction of sp³-hybridized carbons (Fsp3) is 0.316. The molecule has 0 aromatic carbocycles. The van der Waals surface area contributed by atoms with Crippen LogP contribution in [-0.2, 0) is 4.79 Å². The number of aromatic nitrogens is 2. The first-order valence-corrected chi connectivity index (χ1v) is 9.13. The maximum absolute atomic E-state index is 12.6. The number of nitrogens with zero attached hydrogens (tertiary/aromatic N) is 3. The van der Waals surface area contributed by atoms with Gasteiger partial charge in [0.15, 0.2) is 0 Å². The van der Waals surface area contributed by atoms with Gasteiger partial charge in [-0.1, -0.05) is 13.0 Å². The fourth-order valence-electron chi connectivity index (χ4n) is 2.96. The molecule has 1 fully saturated rings. The van der Waals surface area contributed by atoms with Crippen molar-refractivity contribution in [1.29, 1.82) is 0 Å². The van der Waals surface area contributed by atoms with Crippen molar-refractivity contribution < 1.29 is 9.59 Å². The number of carbonyl (C=O) groups is 2. The van der Waals surface area contributed by atoms with E-state index in [2.05, 4.69) is 4.98 Å². The van der Waals surface area contributed by atoms with E-state index in [4.69, 9.17) is 0 Å². The maximum atomic E-state index is 12.6. The van der Waals surface area contributed by atoms with E-state index in [0.717, 1.165) is 41.0 Å². The van der Waals surface area contributed by atoms with Gasteiger partial charge in [-0.25, -0.2) is 4.98 Å². The van der Waals surface area contributed by atoms with E-state index in [1.54, 1.807) is 6.20 Å². The van der Waals surface area contributed by atoms with Crippen LogP contribution < -0.4 is 0 Å². The van der Waals surface area contributed by atoms with Crippen molar-refractivity contribution in [3.8, 4) is 5.82 Å². The Morgan fingerprint density at radius 3 is 2.68 bits per heavy atom. The van der Waals surface area contributed by atoms with Crippen LogP contribution in [0.3, 0.4) is 0 Å². The summed E-state index contributed by atoms with van der Waals surface area (Å²) in [5, 5.41) is -0.191. The average Bonchev–Trinajstić information content (AvgIpc) is 3.03. The summed E-state index contributed by atoms with van der Waals surface area (Å²) >= 11 is 1.01. The number of carbonyl (C=O) groups excluding carboxylic acids is 2. The molecule has 3 heterocycles. The lowest BCUT2D eigenvalue weighted by Gasteiger charge is -2.19. The Bertz CT molecular complexity index is 855. The average molecular weight is 355 g/mol. The van der Waals surface area contributed by atoms with Gasteiger partial charge in [-0.2, -0.15) is 0 Å². The minimum absolute atomic E-state index is 0.0839. The molecular weight excluding hydrogens is 334 g/mol. The van der Waals surface area contributed by atoms with E-state index in [9.17, 15) is 9.59 Å². The molecule has 1 atom stereocenters. The Labute approximate surface area is 151 Å². The van der Waals surface area contributed by atoms with Crippen molar-refractivity contribution >= 4 is 29.0 Å². The number of pyridine rings is 1. The van der Waals surface area contributed by atoms with Crippen LogP contribution in [0.4, 0.5) is 4.79 Å². The molecule has 2 aromatic rings. The van der Waals surface area contributed by atoms with Gasteiger partial charge >= 0.3 is 0 Å². The quantitative estimate of drug-likeness (QED) is 0.766. The second-order valence-electron chi connectivity index (χ2n) is 6.16. The predicted molar refractivity (Wildman–Crippen MR) is 101 cm³/mol. The molecule has 25 heavy (non-hydrogen) atoms. The van der Waals surface area contributed by atoms with Gasteiger partial charge in [0.2, 0.25) is 0 Å². The standard InChI is InChI=1S/C19H21N3O2S/c1-5-12(2)22-18(23)16(25-19(22)24)11-15-10-13(3)21(14(15)4)17-8-6-7-9-20-17/h6-12H,5H2,1-4H3/b16-11+/t12-/m1/s1. The van der Waals surface area contributed by atoms with Gasteiger partial charge < -0.3 is 4.57 Å². The monoisotopic (exact) mass is 355 g/mol. The van der Waals surface area contributed by atoms with Crippen molar-refractivity contribution in [3.05, 3.63) is 52.3 Å². The molecule has 0 spiro atoms. The highest BCUT2D eigenvalue weighted by Gasteiger charge is 2.37. The molecule has 2 amide bonds. The highest BCUT2D eigenvalue weighted by molar-refractivity contribution is 8.18. The summed E-state index contributed by atoms with van der Waals surface area (Å²) < 4.78 is 2.05. The first-order valence-electron chi connectivity index (χ1n) is 8.31. The summed E-state index contributed by atoms with van der Waals surface area (Å²) in [7, 11) is 0. The van der Waals surface area contributed by atoms with E-state index in [1.165, 1.54) is 4.90 Å². The molecule has 0 unspecified atom stereocenters. The third-order valence-electron chi connectivity index (χ3n) is 4.49. The van der Waals surface area contributed by atoms with Crippen molar-refractivity contribution in [2.75, 3.05) is 0 Å². The first kappa shape index (κ1) is 17.5. The number of rotatable bonds is 4. The highest BCUT2D eigenvalue weighted by atomic mass is 32.2. The SMILES string of the molecule is CC[C@@H](C)N1C(=O)S/C(=C/c2cc(C)n(-c3ccccn3)c2C)C1=O. The number of imide groups is 1.